The van der Waals surface area contributed by atoms with Gasteiger partial charge in [-0.05, 0) is 35.2 Å². The fourth-order valence-corrected chi connectivity index (χ4v) is 3.27. The third-order valence-corrected chi connectivity index (χ3v) is 4.49. The number of hydrogen-bond acceptors (Lipinski definition) is 5. The Bertz CT molecular complexity index is 589. The summed E-state index contributed by atoms with van der Waals surface area (Å²) < 4.78 is 0. The minimum Gasteiger partial charge on any atom is -0.341 e. The molecule has 1 amide bonds. The number of hydrogen-bond donors (Lipinski definition) is 1. The summed E-state index contributed by atoms with van der Waals surface area (Å²) in [7, 11) is 0. The Kier molecular flexibility index (Phi) is 5.00. The number of nitrogens with zero attached hydrogens (tertiary/aromatic N) is 3. The van der Waals surface area contributed by atoms with Crippen molar-refractivity contribution in [1.82, 2.24) is 9.97 Å². The fraction of sp³-hybridized carbons (Fsp3) is 0.438. The van der Waals surface area contributed by atoms with E-state index in [9.17, 15) is 4.79 Å². The first-order valence-electron chi connectivity index (χ1n) is 7.69. The second-order valence-electron chi connectivity index (χ2n) is 5.53. The van der Waals surface area contributed by atoms with Gasteiger partial charge in [0.15, 0.2) is 0 Å². The van der Waals surface area contributed by atoms with Crippen LogP contribution in [0.5, 0.6) is 0 Å². The van der Waals surface area contributed by atoms with Crippen LogP contribution in [0.15, 0.2) is 29.2 Å². The lowest BCUT2D eigenvalue weighted by molar-refractivity contribution is -0.115. The third-order valence-electron chi connectivity index (χ3n) is 3.76. The number of amides is 1. The summed E-state index contributed by atoms with van der Waals surface area (Å²) in [6.07, 6.45) is 8.74. The van der Waals surface area contributed by atoms with Crippen LogP contribution in [0, 0.1) is 0 Å². The molecule has 1 saturated heterocycles. The fourth-order valence-electron chi connectivity index (χ4n) is 2.60. The van der Waals surface area contributed by atoms with Crippen molar-refractivity contribution >= 4 is 28.9 Å². The lowest BCUT2D eigenvalue weighted by atomic mass is 10.2. The van der Waals surface area contributed by atoms with Gasteiger partial charge in [-0.3, -0.25) is 4.79 Å². The van der Waals surface area contributed by atoms with Gasteiger partial charge in [0.25, 0.3) is 0 Å². The number of anilines is 2. The highest BCUT2D eigenvalue weighted by Crippen LogP contribution is 2.16. The van der Waals surface area contributed by atoms with E-state index in [1.807, 2.05) is 16.8 Å². The van der Waals surface area contributed by atoms with Gasteiger partial charge in [-0.15, -0.1) is 0 Å². The molecule has 1 fully saturated rings. The first-order chi connectivity index (χ1) is 10.8. The average Bonchev–Trinajstić information content (AvgIpc) is 2.87. The lowest BCUT2D eigenvalue weighted by Gasteiger charge is -2.19. The van der Waals surface area contributed by atoms with E-state index in [0.29, 0.717) is 12.1 Å². The zero-order chi connectivity index (χ0) is 15.2. The van der Waals surface area contributed by atoms with E-state index in [0.717, 1.165) is 24.6 Å². The Labute approximate surface area is 134 Å². The maximum absolute atomic E-state index is 11.9. The summed E-state index contributed by atoms with van der Waals surface area (Å²) in [6.45, 7) is 2.04. The van der Waals surface area contributed by atoms with Gasteiger partial charge in [-0.2, -0.15) is 11.3 Å². The molecule has 2 aromatic rings. The second-order valence-corrected chi connectivity index (χ2v) is 6.31. The number of nitrogens with one attached hydrogen (secondary N) is 1. The van der Waals surface area contributed by atoms with E-state index in [2.05, 4.69) is 20.2 Å². The minimum atomic E-state index is -0.0375. The Balaban J connectivity index is 1.57. The highest BCUT2D eigenvalue weighted by molar-refractivity contribution is 7.08. The van der Waals surface area contributed by atoms with E-state index < -0.39 is 0 Å². The van der Waals surface area contributed by atoms with Gasteiger partial charge in [0.2, 0.25) is 11.9 Å². The van der Waals surface area contributed by atoms with Crippen molar-refractivity contribution in [2.45, 2.75) is 32.1 Å². The van der Waals surface area contributed by atoms with Gasteiger partial charge >= 0.3 is 0 Å². The van der Waals surface area contributed by atoms with E-state index in [4.69, 9.17) is 0 Å². The van der Waals surface area contributed by atoms with Crippen molar-refractivity contribution in [3.05, 3.63) is 34.8 Å². The van der Waals surface area contributed by atoms with E-state index in [-0.39, 0.29) is 5.91 Å². The summed E-state index contributed by atoms with van der Waals surface area (Å²) >= 11 is 1.60. The summed E-state index contributed by atoms with van der Waals surface area (Å²) in [5.74, 6) is 0.724. The van der Waals surface area contributed by atoms with Crippen molar-refractivity contribution in [2.24, 2.45) is 0 Å². The predicted octanol–water partition coefficient (Wildman–Crippen LogP) is 3.10. The van der Waals surface area contributed by atoms with Crippen LogP contribution in [0.3, 0.4) is 0 Å². The molecule has 22 heavy (non-hydrogen) atoms. The molecule has 1 aliphatic rings. The number of carbonyl (C=O) groups excluding carboxylic acids is 1. The largest absolute Gasteiger partial charge is 0.341 e. The molecule has 0 radical (unpaired) electrons. The highest BCUT2D eigenvalue weighted by atomic mass is 32.1. The van der Waals surface area contributed by atoms with E-state index >= 15 is 0 Å². The molecule has 1 aliphatic heterocycles. The molecule has 0 spiro atoms. The highest BCUT2D eigenvalue weighted by Gasteiger charge is 2.12. The SMILES string of the molecule is O=C(Cc1ccsc1)Nc1cnc(N2CCCCCC2)nc1. The molecule has 3 heterocycles. The van der Waals surface area contributed by atoms with Crippen molar-refractivity contribution in [2.75, 3.05) is 23.3 Å². The molecular formula is C16H20N4OS. The molecule has 6 heteroatoms. The van der Waals surface area contributed by atoms with Gasteiger partial charge in [-0.1, -0.05) is 12.8 Å². The first-order valence-corrected chi connectivity index (χ1v) is 8.63. The molecule has 0 bridgehead atoms. The van der Waals surface area contributed by atoms with Crippen LogP contribution in [0.1, 0.15) is 31.2 Å². The molecular weight excluding hydrogens is 296 g/mol. The van der Waals surface area contributed by atoms with Crippen LogP contribution < -0.4 is 10.2 Å². The zero-order valence-electron chi connectivity index (χ0n) is 12.5. The molecule has 0 aliphatic carbocycles. The molecule has 1 N–H and O–H groups in total. The maximum Gasteiger partial charge on any atom is 0.228 e. The summed E-state index contributed by atoms with van der Waals surface area (Å²) in [6, 6.07) is 1.96. The van der Waals surface area contributed by atoms with Crippen LogP contribution in [0.25, 0.3) is 0 Å². The van der Waals surface area contributed by atoms with Gasteiger partial charge < -0.3 is 10.2 Å². The van der Waals surface area contributed by atoms with Crippen molar-refractivity contribution in [3.8, 4) is 0 Å². The average molecular weight is 316 g/mol. The second kappa shape index (κ2) is 7.35. The van der Waals surface area contributed by atoms with Crippen molar-refractivity contribution in [1.29, 1.82) is 0 Å². The van der Waals surface area contributed by atoms with E-state index in [1.165, 1.54) is 25.7 Å². The molecule has 116 valence electrons. The Morgan fingerprint density at radius 1 is 1.18 bits per heavy atom. The summed E-state index contributed by atoms with van der Waals surface area (Å²) in [5.41, 5.74) is 1.68. The van der Waals surface area contributed by atoms with Crippen molar-refractivity contribution in [3.63, 3.8) is 0 Å². The standard InChI is InChI=1S/C16H20N4OS/c21-15(9-13-5-8-22-12-13)19-14-10-17-16(18-11-14)20-6-3-1-2-4-7-20/h5,8,10-12H,1-4,6-7,9H2,(H,19,21). The number of aromatic nitrogens is 2. The van der Waals surface area contributed by atoms with Gasteiger partial charge in [0.1, 0.15) is 0 Å². The number of carbonyl (C=O) groups is 1. The summed E-state index contributed by atoms with van der Waals surface area (Å²) in [5, 5.41) is 6.80. The molecule has 0 aromatic carbocycles. The number of rotatable bonds is 4. The smallest absolute Gasteiger partial charge is 0.228 e. The molecule has 5 nitrogen and oxygen atoms in total. The molecule has 2 aromatic heterocycles. The monoisotopic (exact) mass is 316 g/mol. The Morgan fingerprint density at radius 3 is 2.55 bits per heavy atom. The maximum atomic E-state index is 11.9. The lowest BCUT2D eigenvalue weighted by Crippen LogP contribution is -2.26. The first kappa shape index (κ1) is 15.0. The van der Waals surface area contributed by atoms with E-state index in [1.54, 1.807) is 23.7 Å². The van der Waals surface area contributed by atoms with Crippen LogP contribution in [-0.4, -0.2) is 29.0 Å². The van der Waals surface area contributed by atoms with Crippen LogP contribution >= 0.6 is 11.3 Å². The van der Waals surface area contributed by atoms with Crippen LogP contribution in [0.2, 0.25) is 0 Å². The minimum absolute atomic E-state index is 0.0375. The van der Waals surface area contributed by atoms with Gasteiger partial charge in [0, 0.05) is 13.1 Å². The van der Waals surface area contributed by atoms with Gasteiger partial charge in [0.05, 0.1) is 24.5 Å². The third kappa shape index (κ3) is 4.04. The molecule has 0 saturated carbocycles. The molecule has 3 rings (SSSR count). The normalized spacial score (nSPS) is 15.4. The van der Waals surface area contributed by atoms with Crippen LogP contribution in [0.4, 0.5) is 11.6 Å². The number of thiophene rings is 1. The quantitative estimate of drug-likeness (QED) is 0.941. The molecule has 0 atom stereocenters. The van der Waals surface area contributed by atoms with Crippen LogP contribution in [-0.2, 0) is 11.2 Å². The van der Waals surface area contributed by atoms with Crippen molar-refractivity contribution < 1.29 is 4.79 Å². The molecule has 0 unspecified atom stereocenters. The topological polar surface area (TPSA) is 58.1 Å². The Hall–Kier alpha value is -1.95. The predicted molar refractivity (Wildman–Crippen MR) is 89.4 cm³/mol. The van der Waals surface area contributed by atoms with Gasteiger partial charge in [-0.25, -0.2) is 9.97 Å². The Morgan fingerprint density at radius 2 is 1.91 bits per heavy atom. The summed E-state index contributed by atoms with van der Waals surface area (Å²) in [4.78, 5) is 23.0. The zero-order valence-corrected chi connectivity index (χ0v) is 13.3.